The maximum Gasteiger partial charge on any atom is 0.251 e. The number of hydrogen-bond acceptors (Lipinski definition) is 3. The average molecular weight is 294 g/mol. The van der Waals surface area contributed by atoms with Crippen molar-refractivity contribution in [1.29, 1.82) is 0 Å². The van der Waals surface area contributed by atoms with Gasteiger partial charge in [-0.05, 0) is 50.9 Å². The van der Waals surface area contributed by atoms with Gasteiger partial charge in [-0.1, -0.05) is 11.6 Å². The first-order valence-electron chi connectivity index (χ1n) is 7.12. The molecule has 20 heavy (non-hydrogen) atoms. The van der Waals surface area contributed by atoms with E-state index in [1.54, 1.807) is 18.2 Å². The standard InChI is InChI=1S/C15H20ClN3O/c1-19-11-3-4-12(19)8-10(7-11)18-15(20)9-2-5-14(17)13(16)6-9/h2,5-6,10-12H,3-4,7-8,17H2,1H3,(H,18,20). The summed E-state index contributed by atoms with van der Waals surface area (Å²) in [7, 11) is 2.19. The second kappa shape index (κ2) is 5.26. The number of fused-ring (bicyclic) bond motifs is 2. The lowest BCUT2D eigenvalue weighted by Gasteiger charge is -2.36. The summed E-state index contributed by atoms with van der Waals surface area (Å²) in [5, 5.41) is 3.57. The lowest BCUT2D eigenvalue weighted by Crippen LogP contribution is -2.48. The lowest BCUT2D eigenvalue weighted by atomic mass is 9.97. The molecule has 0 saturated carbocycles. The van der Waals surface area contributed by atoms with Crippen LogP contribution in [0.15, 0.2) is 18.2 Å². The minimum Gasteiger partial charge on any atom is -0.398 e. The molecule has 0 spiro atoms. The first-order valence-corrected chi connectivity index (χ1v) is 7.50. The van der Waals surface area contributed by atoms with Crippen molar-refractivity contribution in [3.8, 4) is 0 Å². The SMILES string of the molecule is CN1C2CCC1CC(NC(=O)c1ccc(N)c(Cl)c1)C2. The maximum atomic E-state index is 12.3. The first kappa shape index (κ1) is 13.7. The number of rotatable bonds is 2. The van der Waals surface area contributed by atoms with E-state index in [2.05, 4.69) is 17.3 Å². The zero-order valence-electron chi connectivity index (χ0n) is 11.6. The molecule has 2 fully saturated rings. The molecule has 2 saturated heterocycles. The summed E-state index contributed by atoms with van der Waals surface area (Å²) in [5.74, 6) is -0.0548. The molecule has 0 aromatic heterocycles. The highest BCUT2D eigenvalue weighted by molar-refractivity contribution is 6.33. The predicted octanol–water partition coefficient (Wildman–Crippen LogP) is 2.28. The van der Waals surface area contributed by atoms with Gasteiger partial charge in [-0.25, -0.2) is 0 Å². The molecule has 108 valence electrons. The number of carbonyl (C=O) groups is 1. The van der Waals surface area contributed by atoms with Gasteiger partial charge in [0.2, 0.25) is 0 Å². The maximum absolute atomic E-state index is 12.3. The molecule has 5 heteroatoms. The van der Waals surface area contributed by atoms with Crippen LogP contribution in [0.3, 0.4) is 0 Å². The van der Waals surface area contributed by atoms with Crippen LogP contribution in [-0.4, -0.2) is 36.0 Å². The number of hydrogen-bond donors (Lipinski definition) is 2. The number of halogens is 1. The van der Waals surface area contributed by atoms with Crippen LogP contribution in [-0.2, 0) is 0 Å². The monoisotopic (exact) mass is 293 g/mol. The molecule has 3 rings (SSSR count). The third kappa shape index (κ3) is 2.50. The topological polar surface area (TPSA) is 58.4 Å². The van der Waals surface area contributed by atoms with E-state index in [1.165, 1.54) is 12.8 Å². The van der Waals surface area contributed by atoms with Crippen molar-refractivity contribution in [3.05, 3.63) is 28.8 Å². The second-order valence-electron chi connectivity index (χ2n) is 5.93. The van der Waals surface area contributed by atoms with Gasteiger partial charge in [-0.15, -0.1) is 0 Å². The van der Waals surface area contributed by atoms with E-state index in [0.29, 0.717) is 28.4 Å². The van der Waals surface area contributed by atoms with Gasteiger partial charge < -0.3 is 16.0 Å². The molecule has 0 radical (unpaired) electrons. The molecule has 1 aromatic rings. The molecule has 1 amide bonds. The van der Waals surface area contributed by atoms with Crippen molar-refractivity contribution in [3.63, 3.8) is 0 Å². The van der Waals surface area contributed by atoms with E-state index in [4.69, 9.17) is 17.3 Å². The average Bonchev–Trinajstić information content (AvgIpc) is 2.64. The van der Waals surface area contributed by atoms with Crippen molar-refractivity contribution in [2.24, 2.45) is 0 Å². The van der Waals surface area contributed by atoms with E-state index in [9.17, 15) is 4.79 Å². The summed E-state index contributed by atoms with van der Waals surface area (Å²) in [6.07, 6.45) is 4.59. The molecule has 2 heterocycles. The van der Waals surface area contributed by atoms with Crippen LogP contribution in [0.5, 0.6) is 0 Å². The van der Waals surface area contributed by atoms with E-state index < -0.39 is 0 Å². The Kier molecular flexibility index (Phi) is 3.61. The highest BCUT2D eigenvalue weighted by atomic mass is 35.5. The minimum atomic E-state index is -0.0548. The van der Waals surface area contributed by atoms with E-state index >= 15 is 0 Å². The van der Waals surface area contributed by atoms with Gasteiger partial charge in [0, 0.05) is 23.7 Å². The number of amides is 1. The van der Waals surface area contributed by atoms with E-state index in [0.717, 1.165) is 12.8 Å². The van der Waals surface area contributed by atoms with Crippen molar-refractivity contribution >= 4 is 23.2 Å². The fourth-order valence-electron chi connectivity index (χ4n) is 3.47. The summed E-state index contributed by atoms with van der Waals surface area (Å²) < 4.78 is 0. The zero-order valence-corrected chi connectivity index (χ0v) is 12.4. The number of nitrogens with two attached hydrogens (primary N) is 1. The predicted molar refractivity (Wildman–Crippen MR) is 80.9 cm³/mol. The third-order valence-corrected chi connectivity index (χ3v) is 5.02. The van der Waals surface area contributed by atoms with E-state index in [-0.39, 0.29) is 11.9 Å². The van der Waals surface area contributed by atoms with Gasteiger partial charge in [0.1, 0.15) is 0 Å². The molecular weight excluding hydrogens is 274 g/mol. The highest BCUT2D eigenvalue weighted by Crippen LogP contribution is 2.34. The number of nitrogens with zero attached hydrogens (tertiary/aromatic N) is 1. The Morgan fingerprint density at radius 3 is 2.60 bits per heavy atom. The molecule has 2 bridgehead atoms. The van der Waals surface area contributed by atoms with Crippen molar-refractivity contribution in [2.45, 2.75) is 43.8 Å². The van der Waals surface area contributed by atoms with Gasteiger partial charge in [0.25, 0.3) is 5.91 Å². The first-order chi connectivity index (χ1) is 9.54. The summed E-state index contributed by atoms with van der Waals surface area (Å²) >= 11 is 5.96. The van der Waals surface area contributed by atoms with Crippen molar-refractivity contribution < 1.29 is 4.79 Å². The van der Waals surface area contributed by atoms with Gasteiger partial charge in [0.05, 0.1) is 10.7 Å². The van der Waals surface area contributed by atoms with Gasteiger partial charge in [-0.2, -0.15) is 0 Å². The number of nitrogens with one attached hydrogen (secondary N) is 1. The molecule has 2 aliphatic heterocycles. The quantitative estimate of drug-likeness (QED) is 0.823. The van der Waals surface area contributed by atoms with Gasteiger partial charge in [0.15, 0.2) is 0 Å². The largest absolute Gasteiger partial charge is 0.398 e. The fraction of sp³-hybridized carbons (Fsp3) is 0.533. The number of nitrogen functional groups attached to an aromatic ring is 1. The van der Waals surface area contributed by atoms with Crippen LogP contribution in [0, 0.1) is 0 Å². The summed E-state index contributed by atoms with van der Waals surface area (Å²) in [5.41, 5.74) is 6.74. The van der Waals surface area contributed by atoms with Gasteiger partial charge >= 0.3 is 0 Å². The Balaban J connectivity index is 1.66. The highest BCUT2D eigenvalue weighted by Gasteiger charge is 2.38. The zero-order chi connectivity index (χ0) is 14.3. The molecule has 0 aliphatic carbocycles. The second-order valence-corrected chi connectivity index (χ2v) is 6.34. The number of anilines is 1. The number of piperidine rings is 1. The van der Waals surface area contributed by atoms with Crippen LogP contribution >= 0.6 is 11.6 Å². The molecule has 4 nitrogen and oxygen atoms in total. The Labute approximate surface area is 124 Å². The summed E-state index contributed by atoms with van der Waals surface area (Å²) in [6, 6.07) is 6.54. The van der Waals surface area contributed by atoms with Crippen LogP contribution in [0.4, 0.5) is 5.69 Å². The van der Waals surface area contributed by atoms with Gasteiger partial charge in [-0.3, -0.25) is 4.79 Å². The molecule has 3 N–H and O–H groups in total. The molecule has 1 aromatic carbocycles. The molecule has 2 unspecified atom stereocenters. The van der Waals surface area contributed by atoms with Crippen molar-refractivity contribution in [1.82, 2.24) is 10.2 Å². The summed E-state index contributed by atoms with van der Waals surface area (Å²) in [4.78, 5) is 14.7. The van der Waals surface area contributed by atoms with Crippen LogP contribution in [0.2, 0.25) is 5.02 Å². The van der Waals surface area contributed by atoms with E-state index in [1.807, 2.05) is 0 Å². The molecular formula is C15H20ClN3O. The lowest BCUT2D eigenvalue weighted by molar-refractivity contribution is 0.0882. The Morgan fingerprint density at radius 2 is 2.00 bits per heavy atom. The molecule has 2 aliphatic rings. The molecule has 2 atom stereocenters. The Bertz CT molecular complexity index is 520. The normalized spacial score (nSPS) is 29.4. The fourth-order valence-corrected chi connectivity index (χ4v) is 3.65. The van der Waals surface area contributed by atoms with Crippen LogP contribution in [0.1, 0.15) is 36.0 Å². The smallest absolute Gasteiger partial charge is 0.251 e. The minimum absolute atomic E-state index is 0.0548. The Morgan fingerprint density at radius 1 is 1.35 bits per heavy atom. The summed E-state index contributed by atoms with van der Waals surface area (Å²) in [6.45, 7) is 0. The number of carbonyl (C=O) groups excluding carboxylic acids is 1. The third-order valence-electron chi connectivity index (χ3n) is 4.70. The van der Waals surface area contributed by atoms with Crippen molar-refractivity contribution in [2.75, 3.05) is 12.8 Å². The van der Waals surface area contributed by atoms with Crippen LogP contribution in [0.25, 0.3) is 0 Å². The number of benzene rings is 1. The van der Waals surface area contributed by atoms with Crippen LogP contribution < -0.4 is 11.1 Å². The Hall–Kier alpha value is -1.26.